The first-order chi connectivity index (χ1) is 11.4. The summed E-state index contributed by atoms with van der Waals surface area (Å²) in [7, 11) is -3.71. The first kappa shape index (κ1) is 16.5. The first-order valence-corrected chi connectivity index (χ1v) is 9.30. The summed E-state index contributed by atoms with van der Waals surface area (Å²) in [6.45, 7) is 1.88. The molecule has 6 heteroatoms. The summed E-state index contributed by atoms with van der Waals surface area (Å²) < 4.78 is 27.4. The zero-order valence-electron chi connectivity index (χ0n) is 13.3. The number of phenolic OH excluding ortho intramolecular Hbond substituents is 1. The van der Waals surface area contributed by atoms with Gasteiger partial charge in [0.15, 0.2) is 0 Å². The van der Waals surface area contributed by atoms with E-state index in [-0.39, 0.29) is 22.3 Å². The number of Topliss-reactive ketones (excluding diaryl/α,β-unsaturated/α-hetero) is 1. The number of ketones is 1. The van der Waals surface area contributed by atoms with Crippen molar-refractivity contribution in [1.82, 2.24) is 0 Å². The van der Waals surface area contributed by atoms with Gasteiger partial charge in [-0.2, -0.15) is 0 Å². The van der Waals surface area contributed by atoms with E-state index in [9.17, 15) is 18.3 Å². The van der Waals surface area contributed by atoms with Crippen molar-refractivity contribution in [1.29, 1.82) is 0 Å². The van der Waals surface area contributed by atoms with Gasteiger partial charge in [0.2, 0.25) is 0 Å². The molecule has 5 nitrogen and oxygen atoms in total. The third kappa shape index (κ3) is 3.28. The quantitative estimate of drug-likeness (QED) is 0.833. The van der Waals surface area contributed by atoms with E-state index >= 15 is 0 Å². The van der Waals surface area contributed by atoms with Gasteiger partial charge >= 0.3 is 0 Å². The maximum atomic E-state index is 12.5. The minimum atomic E-state index is -3.71. The van der Waals surface area contributed by atoms with Gasteiger partial charge in [0.1, 0.15) is 11.5 Å². The largest absolute Gasteiger partial charge is 0.508 e. The number of sulfonamides is 1. The number of aryl methyl sites for hydroxylation is 1. The molecule has 1 fully saturated rings. The van der Waals surface area contributed by atoms with Gasteiger partial charge in [-0.1, -0.05) is 17.7 Å². The topological polar surface area (TPSA) is 83.5 Å². The molecule has 1 atom stereocenters. The summed E-state index contributed by atoms with van der Waals surface area (Å²) in [6.07, 6.45) is 1.98. The predicted octanol–water partition coefficient (Wildman–Crippen LogP) is 3.34. The summed E-state index contributed by atoms with van der Waals surface area (Å²) in [4.78, 5) is 12.1. The second-order valence-corrected chi connectivity index (χ2v) is 7.79. The Bertz CT molecular complexity index is 872. The number of carbonyl (C=O) groups excluding carboxylic acids is 1. The average molecular weight is 345 g/mol. The second kappa shape index (κ2) is 6.28. The molecule has 2 aromatic rings. The predicted molar refractivity (Wildman–Crippen MR) is 91.7 cm³/mol. The highest BCUT2D eigenvalue weighted by molar-refractivity contribution is 7.92. The van der Waals surface area contributed by atoms with Crippen LogP contribution in [0.5, 0.6) is 5.75 Å². The lowest BCUT2D eigenvalue weighted by molar-refractivity contribution is -0.118. The van der Waals surface area contributed by atoms with Gasteiger partial charge in [0.05, 0.1) is 4.90 Å². The summed E-state index contributed by atoms with van der Waals surface area (Å²) >= 11 is 0. The molecule has 0 unspecified atom stereocenters. The lowest BCUT2D eigenvalue weighted by atomic mass is 9.95. The molecule has 0 aromatic heterocycles. The normalized spacial score (nSPS) is 17.9. The van der Waals surface area contributed by atoms with Gasteiger partial charge in [0, 0.05) is 23.6 Å². The molecule has 1 aliphatic rings. The molecule has 1 saturated carbocycles. The first-order valence-electron chi connectivity index (χ1n) is 7.82. The van der Waals surface area contributed by atoms with Gasteiger partial charge in [-0.3, -0.25) is 9.52 Å². The van der Waals surface area contributed by atoms with Crippen molar-refractivity contribution in [3.05, 3.63) is 53.6 Å². The van der Waals surface area contributed by atoms with Crippen LogP contribution in [0.25, 0.3) is 0 Å². The summed E-state index contributed by atoms with van der Waals surface area (Å²) in [5.41, 5.74) is 1.80. The Labute approximate surface area is 141 Å². The number of phenols is 1. The molecule has 2 aromatic carbocycles. The Kier molecular flexibility index (Phi) is 4.32. The van der Waals surface area contributed by atoms with Gasteiger partial charge in [0.25, 0.3) is 10.0 Å². The molecule has 0 saturated heterocycles. The summed E-state index contributed by atoms with van der Waals surface area (Å²) in [5.74, 6) is -0.244. The standard InChI is InChI=1S/C18H19NO4S/c1-12-5-8-14(9-6-12)24(22,23)19-13-7-10-18(21)16(11-13)15-3-2-4-17(15)20/h5-11,15,19,21H,2-4H2,1H3/t15-/m1/s1. The molecule has 0 bridgehead atoms. The zero-order valence-corrected chi connectivity index (χ0v) is 14.1. The van der Waals surface area contributed by atoms with Crippen LogP contribution in [-0.4, -0.2) is 19.3 Å². The van der Waals surface area contributed by atoms with Crippen LogP contribution in [0.2, 0.25) is 0 Å². The van der Waals surface area contributed by atoms with Gasteiger partial charge < -0.3 is 5.11 Å². The van der Waals surface area contributed by atoms with Crippen molar-refractivity contribution in [2.24, 2.45) is 0 Å². The Hall–Kier alpha value is -2.34. The molecule has 2 N–H and O–H groups in total. The maximum absolute atomic E-state index is 12.5. The fraction of sp³-hybridized carbons (Fsp3) is 0.278. The van der Waals surface area contributed by atoms with E-state index in [0.717, 1.165) is 12.0 Å². The maximum Gasteiger partial charge on any atom is 0.261 e. The van der Waals surface area contributed by atoms with Crippen molar-refractivity contribution < 1.29 is 18.3 Å². The van der Waals surface area contributed by atoms with E-state index in [4.69, 9.17) is 0 Å². The second-order valence-electron chi connectivity index (χ2n) is 6.10. The van der Waals surface area contributed by atoms with E-state index in [1.807, 2.05) is 6.92 Å². The molecule has 3 rings (SSSR count). The smallest absolute Gasteiger partial charge is 0.261 e. The SMILES string of the molecule is Cc1ccc(S(=O)(=O)Nc2ccc(O)c([C@H]3CCCC3=O)c2)cc1. The minimum absolute atomic E-state index is 0.0218. The highest BCUT2D eigenvalue weighted by atomic mass is 32.2. The number of nitrogens with one attached hydrogen (secondary N) is 1. The molecular weight excluding hydrogens is 326 g/mol. The number of aromatic hydroxyl groups is 1. The molecule has 24 heavy (non-hydrogen) atoms. The monoisotopic (exact) mass is 345 g/mol. The molecule has 0 spiro atoms. The number of anilines is 1. The van der Waals surface area contributed by atoms with Crippen LogP contribution >= 0.6 is 0 Å². The highest BCUT2D eigenvalue weighted by Crippen LogP contribution is 2.37. The van der Waals surface area contributed by atoms with Crippen LogP contribution < -0.4 is 4.72 Å². The molecule has 1 aliphatic carbocycles. The minimum Gasteiger partial charge on any atom is -0.508 e. The molecular formula is C18H19NO4S. The van der Waals surface area contributed by atoms with E-state index in [1.165, 1.54) is 12.1 Å². The number of benzene rings is 2. The van der Waals surface area contributed by atoms with Crippen molar-refractivity contribution in [2.45, 2.75) is 37.0 Å². The Balaban J connectivity index is 1.90. The van der Waals surface area contributed by atoms with Crippen LogP contribution in [-0.2, 0) is 14.8 Å². The van der Waals surface area contributed by atoms with Crippen LogP contribution in [0.3, 0.4) is 0 Å². The molecule has 0 heterocycles. The molecule has 0 amide bonds. The Morgan fingerprint density at radius 1 is 1.12 bits per heavy atom. The molecule has 0 radical (unpaired) electrons. The van der Waals surface area contributed by atoms with Gasteiger partial charge in [-0.15, -0.1) is 0 Å². The van der Waals surface area contributed by atoms with Crippen molar-refractivity contribution >= 4 is 21.5 Å². The number of hydrogen-bond acceptors (Lipinski definition) is 4. The van der Waals surface area contributed by atoms with Gasteiger partial charge in [-0.25, -0.2) is 8.42 Å². The highest BCUT2D eigenvalue weighted by Gasteiger charge is 2.28. The van der Waals surface area contributed by atoms with E-state index in [2.05, 4.69) is 4.72 Å². The van der Waals surface area contributed by atoms with Crippen LogP contribution in [0, 0.1) is 6.92 Å². The fourth-order valence-corrected chi connectivity index (χ4v) is 4.02. The Morgan fingerprint density at radius 3 is 2.46 bits per heavy atom. The lowest BCUT2D eigenvalue weighted by Crippen LogP contribution is -2.13. The van der Waals surface area contributed by atoms with Crippen molar-refractivity contribution in [3.8, 4) is 5.75 Å². The number of carbonyl (C=O) groups is 1. The van der Waals surface area contributed by atoms with E-state index in [0.29, 0.717) is 24.1 Å². The van der Waals surface area contributed by atoms with Crippen molar-refractivity contribution in [3.63, 3.8) is 0 Å². The van der Waals surface area contributed by atoms with Crippen molar-refractivity contribution in [2.75, 3.05) is 4.72 Å². The summed E-state index contributed by atoms with van der Waals surface area (Å²) in [6, 6.07) is 11.0. The van der Waals surface area contributed by atoms with Crippen LogP contribution in [0.15, 0.2) is 47.4 Å². The third-order valence-electron chi connectivity index (χ3n) is 4.29. The lowest BCUT2D eigenvalue weighted by Gasteiger charge is -2.14. The van der Waals surface area contributed by atoms with Gasteiger partial charge in [-0.05, 0) is 50.1 Å². The molecule has 0 aliphatic heterocycles. The van der Waals surface area contributed by atoms with E-state index < -0.39 is 10.0 Å². The number of hydrogen-bond donors (Lipinski definition) is 2. The van der Waals surface area contributed by atoms with E-state index in [1.54, 1.807) is 30.3 Å². The van der Waals surface area contributed by atoms with Crippen LogP contribution in [0.1, 0.15) is 36.3 Å². The van der Waals surface area contributed by atoms with Crippen LogP contribution in [0.4, 0.5) is 5.69 Å². The molecule has 126 valence electrons. The summed E-state index contributed by atoms with van der Waals surface area (Å²) in [5, 5.41) is 10.0. The Morgan fingerprint density at radius 2 is 1.83 bits per heavy atom. The third-order valence-corrected chi connectivity index (χ3v) is 5.69. The number of rotatable bonds is 4. The fourth-order valence-electron chi connectivity index (χ4n) is 2.97. The zero-order chi connectivity index (χ0) is 17.3. The average Bonchev–Trinajstić information content (AvgIpc) is 2.95.